The molecule has 31 heavy (non-hydrogen) atoms. The van der Waals surface area contributed by atoms with Gasteiger partial charge in [0.25, 0.3) is 5.91 Å². The van der Waals surface area contributed by atoms with Crippen molar-refractivity contribution >= 4 is 23.2 Å². The predicted octanol–water partition coefficient (Wildman–Crippen LogP) is 5.02. The molecule has 2 heterocycles. The zero-order chi connectivity index (χ0) is 21.8. The lowest BCUT2D eigenvalue weighted by atomic mass is 10.1. The fourth-order valence-electron chi connectivity index (χ4n) is 3.01. The van der Waals surface area contributed by atoms with Crippen molar-refractivity contribution in [3.8, 4) is 5.75 Å². The highest BCUT2D eigenvalue weighted by Gasteiger charge is 2.21. The first-order chi connectivity index (χ1) is 15.0. The first-order valence-corrected chi connectivity index (χ1v) is 10.1. The van der Waals surface area contributed by atoms with Gasteiger partial charge in [0.05, 0.1) is 24.0 Å². The van der Waals surface area contributed by atoms with Crippen LogP contribution < -0.4 is 10.1 Å². The Balaban J connectivity index is 1.41. The van der Waals surface area contributed by atoms with Crippen LogP contribution in [0.5, 0.6) is 5.75 Å². The molecular formula is C23H21ClN4O3. The van der Waals surface area contributed by atoms with Crippen LogP contribution in [-0.4, -0.2) is 20.8 Å². The van der Waals surface area contributed by atoms with E-state index in [1.54, 1.807) is 48.3 Å². The molecule has 0 unspecified atom stereocenters. The van der Waals surface area contributed by atoms with Gasteiger partial charge in [-0.2, -0.15) is 5.10 Å². The molecule has 4 aromatic rings. The van der Waals surface area contributed by atoms with E-state index in [9.17, 15) is 4.79 Å². The summed E-state index contributed by atoms with van der Waals surface area (Å²) in [4.78, 5) is 12.8. The highest BCUT2D eigenvalue weighted by atomic mass is 35.5. The number of nitrogens with one attached hydrogen (secondary N) is 1. The number of carbonyl (C=O) groups excluding carboxylic acids is 1. The van der Waals surface area contributed by atoms with E-state index in [-0.39, 0.29) is 18.2 Å². The molecule has 7 nitrogen and oxygen atoms in total. The SMILES string of the molecule is Cc1ccc(Cn2cc(NC(=O)c3noc(C)c3COc3ccc(Cl)cc3)cn2)cc1. The number of halogens is 1. The zero-order valence-electron chi connectivity index (χ0n) is 17.1. The second-order valence-corrected chi connectivity index (χ2v) is 7.61. The molecule has 0 atom stereocenters. The van der Waals surface area contributed by atoms with E-state index in [0.717, 1.165) is 5.56 Å². The van der Waals surface area contributed by atoms with Gasteiger partial charge in [0.1, 0.15) is 18.1 Å². The van der Waals surface area contributed by atoms with Crippen molar-refractivity contribution in [2.24, 2.45) is 0 Å². The molecule has 1 N–H and O–H groups in total. The summed E-state index contributed by atoms with van der Waals surface area (Å²) in [6, 6.07) is 15.2. The lowest BCUT2D eigenvalue weighted by Gasteiger charge is -2.07. The van der Waals surface area contributed by atoms with E-state index in [0.29, 0.717) is 34.3 Å². The fraction of sp³-hybridized carbons (Fsp3) is 0.174. The van der Waals surface area contributed by atoms with Crippen LogP contribution in [0.25, 0.3) is 0 Å². The maximum atomic E-state index is 12.8. The molecule has 8 heteroatoms. The third-order valence-corrected chi connectivity index (χ3v) is 5.00. The van der Waals surface area contributed by atoms with E-state index in [4.69, 9.17) is 20.9 Å². The fourth-order valence-corrected chi connectivity index (χ4v) is 3.14. The zero-order valence-corrected chi connectivity index (χ0v) is 17.9. The quantitative estimate of drug-likeness (QED) is 0.439. The first-order valence-electron chi connectivity index (χ1n) is 9.71. The predicted molar refractivity (Wildman–Crippen MR) is 117 cm³/mol. The van der Waals surface area contributed by atoms with Gasteiger partial charge in [-0.1, -0.05) is 46.6 Å². The minimum Gasteiger partial charge on any atom is -0.489 e. The Morgan fingerprint density at radius 3 is 2.61 bits per heavy atom. The summed E-state index contributed by atoms with van der Waals surface area (Å²) in [7, 11) is 0. The van der Waals surface area contributed by atoms with Crippen molar-refractivity contribution in [3.63, 3.8) is 0 Å². The second kappa shape index (κ2) is 9.06. The van der Waals surface area contributed by atoms with Crippen LogP contribution in [0.4, 0.5) is 5.69 Å². The molecule has 4 rings (SSSR count). The summed E-state index contributed by atoms with van der Waals surface area (Å²) in [5, 5.41) is 11.7. The molecule has 2 aromatic carbocycles. The number of aromatic nitrogens is 3. The second-order valence-electron chi connectivity index (χ2n) is 7.17. The van der Waals surface area contributed by atoms with Crippen molar-refractivity contribution in [2.45, 2.75) is 27.0 Å². The molecular weight excluding hydrogens is 416 g/mol. The van der Waals surface area contributed by atoms with Gasteiger partial charge in [-0.15, -0.1) is 0 Å². The summed E-state index contributed by atoms with van der Waals surface area (Å²) in [6.07, 6.45) is 3.37. The van der Waals surface area contributed by atoms with Crippen LogP contribution in [0, 0.1) is 13.8 Å². The molecule has 0 aliphatic carbocycles. The number of anilines is 1. The number of rotatable bonds is 7. The highest BCUT2D eigenvalue weighted by Crippen LogP contribution is 2.21. The average molecular weight is 437 g/mol. The Morgan fingerprint density at radius 2 is 1.87 bits per heavy atom. The van der Waals surface area contributed by atoms with Crippen molar-refractivity contribution < 1.29 is 14.1 Å². The molecule has 0 saturated carbocycles. The van der Waals surface area contributed by atoms with E-state index < -0.39 is 0 Å². The maximum absolute atomic E-state index is 12.8. The molecule has 0 bridgehead atoms. The number of carbonyl (C=O) groups is 1. The highest BCUT2D eigenvalue weighted by molar-refractivity contribution is 6.30. The Bertz CT molecular complexity index is 1180. The maximum Gasteiger partial charge on any atom is 0.278 e. The largest absolute Gasteiger partial charge is 0.489 e. The lowest BCUT2D eigenvalue weighted by molar-refractivity contribution is 0.101. The first kappa shape index (κ1) is 20.7. The van der Waals surface area contributed by atoms with Crippen LogP contribution in [0.15, 0.2) is 65.4 Å². The molecule has 0 saturated heterocycles. The number of nitrogens with zero attached hydrogens (tertiary/aromatic N) is 3. The van der Waals surface area contributed by atoms with Gasteiger partial charge in [-0.05, 0) is 43.7 Å². The number of amides is 1. The van der Waals surface area contributed by atoms with Crippen molar-refractivity contribution in [2.75, 3.05) is 5.32 Å². The Kier molecular flexibility index (Phi) is 6.04. The Hall–Kier alpha value is -3.58. The van der Waals surface area contributed by atoms with Gasteiger partial charge in [-0.3, -0.25) is 9.48 Å². The van der Waals surface area contributed by atoms with Crippen molar-refractivity contribution in [3.05, 3.63) is 94.1 Å². The summed E-state index contributed by atoms with van der Waals surface area (Å²) in [5.74, 6) is 0.768. The molecule has 0 aliphatic rings. The number of hydrogen-bond donors (Lipinski definition) is 1. The van der Waals surface area contributed by atoms with Gasteiger partial charge in [0.15, 0.2) is 5.69 Å². The average Bonchev–Trinajstić information content (AvgIpc) is 3.35. The molecule has 1 amide bonds. The van der Waals surface area contributed by atoms with E-state index in [1.807, 2.05) is 6.92 Å². The number of hydrogen-bond acceptors (Lipinski definition) is 5. The standard InChI is InChI=1S/C23H21ClN4O3/c1-15-3-5-17(6-4-15)12-28-13-19(11-25-28)26-23(29)22-21(16(2)31-27-22)14-30-20-9-7-18(24)8-10-20/h3-11,13H,12,14H2,1-2H3,(H,26,29). The monoisotopic (exact) mass is 436 g/mol. The van der Waals surface area contributed by atoms with Crippen LogP contribution in [0.2, 0.25) is 5.02 Å². The Morgan fingerprint density at radius 1 is 1.13 bits per heavy atom. The van der Waals surface area contributed by atoms with E-state index >= 15 is 0 Å². The molecule has 0 spiro atoms. The van der Waals surface area contributed by atoms with Crippen molar-refractivity contribution in [1.82, 2.24) is 14.9 Å². The summed E-state index contributed by atoms with van der Waals surface area (Å²) >= 11 is 5.89. The van der Waals surface area contributed by atoms with Crippen LogP contribution >= 0.6 is 11.6 Å². The summed E-state index contributed by atoms with van der Waals surface area (Å²) < 4.78 is 12.7. The third kappa shape index (κ3) is 5.13. The molecule has 0 fully saturated rings. The summed E-state index contributed by atoms with van der Waals surface area (Å²) in [6.45, 7) is 4.54. The van der Waals surface area contributed by atoms with Gasteiger partial charge in [0.2, 0.25) is 0 Å². The van der Waals surface area contributed by atoms with Crippen LogP contribution in [0.3, 0.4) is 0 Å². The van der Waals surface area contributed by atoms with Crippen molar-refractivity contribution in [1.29, 1.82) is 0 Å². The minimum atomic E-state index is -0.388. The normalized spacial score (nSPS) is 10.8. The van der Waals surface area contributed by atoms with Crippen LogP contribution in [-0.2, 0) is 13.2 Å². The lowest BCUT2D eigenvalue weighted by Crippen LogP contribution is -2.15. The van der Waals surface area contributed by atoms with Crippen LogP contribution in [0.1, 0.15) is 32.9 Å². The van der Waals surface area contributed by atoms with E-state index in [2.05, 4.69) is 39.8 Å². The third-order valence-electron chi connectivity index (χ3n) is 4.75. The number of aryl methyl sites for hydroxylation is 2. The molecule has 158 valence electrons. The Labute approximate surface area is 184 Å². The molecule has 0 radical (unpaired) electrons. The van der Waals surface area contributed by atoms with Gasteiger partial charge in [-0.25, -0.2) is 0 Å². The summed E-state index contributed by atoms with van der Waals surface area (Å²) in [5.41, 5.74) is 3.66. The number of benzene rings is 2. The van der Waals surface area contributed by atoms with E-state index in [1.165, 1.54) is 5.56 Å². The number of ether oxygens (including phenoxy) is 1. The van der Waals surface area contributed by atoms with Gasteiger partial charge >= 0.3 is 0 Å². The smallest absolute Gasteiger partial charge is 0.278 e. The molecule has 2 aromatic heterocycles. The van der Waals surface area contributed by atoms with Gasteiger partial charge < -0.3 is 14.6 Å². The molecule has 0 aliphatic heterocycles. The minimum absolute atomic E-state index is 0.145. The van der Waals surface area contributed by atoms with Gasteiger partial charge in [0, 0.05) is 11.2 Å². The topological polar surface area (TPSA) is 82.2 Å².